The lowest BCUT2D eigenvalue weighted by Crippen LogP contribution is -2.56. The summed E-state index contributed by atoms with van der Waals surface area (Å²) < 4.78 is 0. The molecule has 2 amide bonds. The van der Waals surface area contributed by atoms with Gasteiger partial charge in [0, 0.05) is 29.4 Å². The third-order valence-corrected chi connectivity index (χ3v) is 6.66. The Kier molecular flexibility index (Phi) is 4.15. The van der Waals surface area contributed by atoms with Crippen molar-refractivity contribution < 1.29 is 9.59 Å². The lowest BCUT2D eigenvalue weighted by molar-refractivity contribution is -0.125. The van der Waals surface area contributed by atoms with Gasteiger partial charge in [0.15, 0.2) is 0 Å². The number of hydrogen-bond acceptors (Lipinski definition) is 3. The highest BCUT2D eigenvalue weighted by Gasteiger charge is 2.43. The molecule has 2 heterocycles. The zero-order valence-corrected chi connectivity index (χ0v) is 15.2. The normalized spacial score (nSPS) is 23.1. The average molecular weight is 346 g/mol. The Balaban J connectivity index is 1.40. The van der Waals surface area contributed by atoms with Crippen LogP contribution in [0.1, 0.15) is 59.5 Å². The van der Waals surface area contributed by atoms with E-state index in [9.17, 15) is 9.59 Å². The molecule has 1 aromatic rings. The molecule has 0 radical (unpaired) electrons. The number of thiophene rings is 1. The number of carbonyl (C=O) groups is 2. The van der Waals surface area contributed by atoms with Gasteiger partial charge in [-0.25, -0.2) is 0 Å². The van der Waals surface area contributed by atoms with E-state index in [0.29, 0.717) is 0 Å². The van der Waals surface area contributed by atoms with E-state index in [-0.39, 0.29) is 23.3 Å². The van der Waals surface area contributed by atoms with Gasteiger partial charge in [-0.15, -0.1) is 11.3 Å². The van der Waals surface area contributed by atoms with Crippen LogP contribution in [0, 0.1) is 18.8 Å². The van der Waals surface area contributed by atoms with Crippen molar-refractivity contribution in [1.82, 2.24) is 10.2 Å². The fourth-order valence-corrected chi connectivity index (χ4v) is 4.64. The monoisotopic (exact) mass is 346 g/mol. The van der Waals surface area contributed by atoms with Crippen molar-refractivity contribution in [2.45, 2.75) is 57.4 Å². The average Bonchev–Trinajstić information content (AvgIpc) is 3.48. The number of nitrogens with one attached hydrogen (secondary N) is 1. The van der Waals surface area contributed by atoms with Gasteiger partial charge in [0.25, 0.3) is 5.91 Å². The summed E-state index contributed by atoms with van der Waals surface area (Å²) >= 11 is 1.57. The van der Waals surface area contributed by atoms with Crippen molar-refractivity contribution in [2.24, 2.45) is 11.8 Å². The fourth-order valence-electron chi connectivity index (χ4n) is 3.81. The van der Waals surface area contributed by atoms with Gasteiger partial charge in [0.1, 0.15) is 0 Å². The van der Waals surface area contributed by atoms with E-state index in [1.807, 2.05) is 24.0 Å². The number of hydrogen-bond donors (Lipinski definition) is 1. The molecule has 1 N–H and O–H groups in total. The minimum atomic E-state index is -0.0665. The van der Waals surface area contributed by atoms with Gasteiger partial charge in [-0.05, 0) is 57.1 Å². The topological polar surface area (TPSA) is 49.4 Å². The van der Waals surface area contributed by atoms with E-state index in [0.717, 1.165) is 56.0 Å². The Morgan fingerprint density at radius 1 is 1.21 bits per heavy atom. The molecule has 4 rings (SSSR count). The molecule has 4 nitrogen and oxygen atoms in total. The molecule has 0 spiro atoms. The number of nitrogens with zero attached hydrogens (tertiary/aromatic N) is 1. The van der Waals surface area contributed by atoms with Gasteiger partial charge >= 0.3 is 0 Å². The largest absolute Gasteiger partial charge is 0.350 e. The van der Waals surface area contributed by atoms with Crippen LogP contribution in [0.3, 0.4) is 0 Å². The Labute approximate surface area is 147 Å². The van der Waals surface area contributed by atoms with Gasteiger partial charge in [-0.1, -0.05) is 12.8 Å². The van der Waals surface area contributed by atoms with Crippen LogP contribution in [0.15, 0.2) is 12.1 Å². The number of carbonyl (C=O) groups excluding carboxylic acids is 2. The highest BCUT2D eigenvalue weighted by molar-refractivity contribution is 7.13. The second-order valence-corrected chi connectivity index (χ2v) is 9.18. The highest BCUT2D eigenvalue weighted by atomic mass is 32.1. The van der Waals surface area contributed by atoms with Crippen molar-refractivity contribution in [1.29, 1.82) is 0 Å². The Bertz CT molecular complexity index is 638. The summed E-state index contributed by atoms with van der Waals surface area (Å²) in [7, 11) is 0. The SMILES string of the molecule is Cc1ccc(C(=O)N2CCC(CC3CC3)(NC(=O)C3CC3)CC2)s1. The van der Waals surface area contributed by atoms with Crippen LogP contribution in [-0.4, -0.2) is 35.3 Å². The van der Waals surface area contributed by atoms with Gasteiger partial charge < -0.3 is 10.2 Å². The van der Waals surface area contributed by atoms with E-state index in [1.165, 1.54) is 17.7 Å². The van der Waals surface area contributed by atoms with E-state index in [1.54, 1.807) is 11.3 Å². The van der Waals surface area contributed by atoms with Crippen LogP contribution in [0.5, 0.6) is 0 Å². The summed E-state index contributed by atoms with van der Waals surface area (Å²) in [5, 5.41) is 3.39. The highest BCUT2D eigenvalue weighted by Crippen LogP contribution is 2.41. The van der Waals surface area contributed by atoms with E-state index in [4.69, 9.17) is 0 Å². The molecular weight excluding hydrogens is 320 g/mol. The third kappa shape index (κ3) is 3.51. The number of rotatable bonds is 5. The lowest BCUT2D eigenvalue weighted by Gasteiger charge is -2.42. The first-order chi connectivity index (χ1) is 11.5. The van der Waals surface area contributed by atoms with Crippen molar-refractivity contribution in [3.05, 3.63) is 21.9 Å². The molecule has 1 saturated heterocycles. The molecule has 3 fully saturated rings. The van der Waals surface area contributed by atoms with Crippen LogP contribution < -0.4 is 5.32 Å². The van der Waals surface area contributed by atoms with E-state index in [2.05, 4.69) is 5.32 Å². The third-order valence-electron chi connectivity index (χ3n) is 5.67. The van der Waals surface area contributed by atoms with Crippen molar-refractivity contribution >= 4 is 23.2 Å². The zero-order chi connectivity index (χ0) is 16.7. The molecule has 24 heavy (non-hydrogen) atoms. The molecule has 0 bridgehead atoms. The van der Waals surface area contributed by atoms with E-state index < -0.39 is 0 Å². The minimum absolute atomic E-state index is 0.0665. The first-order valence-electron chi connectivity index (χ1n) is 9.22. The molecule has 2 saturated carbocycles. The molecule has 5 heteroatoms. The predicted octanol–water partition coefficient (Wildman–Crippen LogP) is 3.36. The van der Waals surface area contributed by atoms with Crippen molar-refractivity contribution in [2.75, 3.05) is 13.1 Å². The second-order valence-electron chi connectivity index (χ2n) is 7.89. The maximum absolute atomic E-state index is 12.6. The number of likely N-dealkylation sites (tertiary alicyclic amines) is 1. The molecule has 2 aliphatic carbocycles. The van der Waals surface area contributed by atoms with Crippen LogP contribution in [0.4, 0.5) is 0 Å². The first-order valence-corrected chi connectivity index (χ1v) is 10.0. The molecule has 1 aliphatic heterocycles. The van der Waals surface area contributed by atoms with Crippen LogP contribution >= 0.6 is 11.3 Å². The van der Waals surface area contributed by atoms with Crippen molar-refractivity contribution in [3.8, 4) is 0 Å². The molecular formula is C19H26N2O2S. The Morgan fingerprint density at radius 2 is 1.92 bits per heavy atom. The fraction of sp³-hybridized carbons (Fsp3) is 0.684. The van der Waals surface area contributed by atoms with Crippen LogP contribution in [0.2, 0.25) is 0 Å². The molecule has 0 atom stereocenters. The lowest BCUT2D eigenvalue weighted by atomic mass is 9.82. The first kappa shape index (κ1) is 16.1. The van der Waals surface area contributed by atoms with Crippen LogP contribution in [-0.2, 0) is 4.79 Å². The number of aryl methyl sites for hydroxylation is 1. The summed E-state index contributed by atoms with van der Waals surface area (Å²) in [6.45, 7) is 3.55. The quantitative estimate of drug-likeness (QED) is 0.889. The standard InChI is InChI=1S/C19H26N2O2S/c1-13-2-7-16(24-13)18(23)21-10-8-19(9-11-21,12-14-3-4-14)20-17(22)15-5-6-15/h2,7,14-15H,3-6,8-12H2,1H3,(H,20,22). The minimum Gasteiger partial charge on any atom is -0.350 e. The van der Waals surface area contributed by atoms with Gasteiger partial charge in [-0.2, -0.15) is 0 Å². The molecule has 130 valence electrons. The van der Waals surface area contributed by atoms with Crippen LogP contribution in [0.25, 0.3) is 0 Å². The molecule has 0 aromatic carbocycles. The predicted molar refractivity (Wildman–Crippen MR) is 95.1 cm³/mol. The number of piperidine rings is 1. The Morgan fingerprint density at radius 3 is 2.46 bits per heavy atom. The molecule has 1 aromatic heterocycles. The summed E-state index contributed by atoms with van der Waals surface area (Å²) in [6, 6.07) is 3.94. The summed E-state index contributed by atoms with van der Waals surface area (Å²) in [5.41, 5.74) is -0.0665. The Hall–Kier alpha value is -1.36. The summed E-state index contributed by atoms with van der Waals surface area (Å²) in [5.74, 6) is 1.45. The molecule has 3 aliphatic rings. The smallest absolute Gasteiger partial charge is 0.263 e. The van der Waals surface area contributed by atoms with Gasteiger partial charge in [-0.3, -0.25) is 9.59 Å². The van der Waals surface area contributed by atoms with Crippen molar-refractivity contribution in [3.63, 3.8) is 0 Å². The summed E-state index contributed by atoms with van der Waals surface area (Å²) in [6.07, 6.45) is 7.61. The van der Waals surface area contributed by atoms with E-state index >= 15 is 0 Å². The number of amides is 2. The second kappa shape index (κ2) is 6.17. The van der Waals surface area contributed by atoms with Gasteiger partial charge in [0.2, 0.25) is 5.91 Å². The maximum Gasteiger partial charge on any atom is 0.263 e. The maximum atomic E-state index is 12.6. The zero-order valence-electron chi connectivity index (χ0n) is 14.3. The van der Waals surface area contributed by atoms with Gasteiger partial charge in [0.05, 0.1) is 4.88 Å². The summed E-state index contributed by atoms with van der Waals surface area (Å²) in [4.78, 5) is 29.0. The molecule has 0 unspecified atom stereocenters.